The van der Waals surface area contributed by atoms with E-state index >= 15 is 0 Å². The number of rotatable bonds is 9. The number of fused-ring (bicyclic) bond motifs is 2. The van der Waals surface area contributed by atoms with Gasteiger partial charge in [-0.2, -0.15) is 0 Å². The van der Waals surface area contributed by atoms with Gasteiger partial charge in [0, 0.05) is 29.8 Å². The molecular weight excluding hydrogens is 627 g/mol. The number of sulfonamides is 1. The first-order valence-corrected chi connectivity index (χ1v) is 19.3. The highest BCUT2D eigenvalue weighted by Gasteiger charge is 2.60. The summed E-state index contributed by atoms with van der Waals surface area (Å²) in [6.07, 6.45) is 2.15. The van der Waals surface area contributed by atoms with Crippen molar-refractivity contribution < 1.29 is 32.8 Å². The Kier molecular flexibility index (Phi) is 7.90. The molecule has 0 spiro atoms. The number of nitro groups is 1. The number of benzene rings is 1. The standard InChI is InChI=1S/C28H35N5O8S2Si/c1-15-20(19-12-31-14-29-24(26(31)42-19)43(39,40)30-44(6,7)28(3,4)5)23(32-22(15)21(16(2)34)25(32)35)27(36)41-13-17-8-10-18(11-9-17)33(37)38/h8-12,14-16,21-22,30,34H,13H2,1-7H3/t15-,16+,21+,22+/m0/s1. The fraction of sp³-hybridized carbons (Fsp3) is 0.464. The van der Waals surface area contributed by atoms with E-state index in [1.54, 1.807) is 10.6 Å². The van der Waals surface area contributed by atoms with E-state index in [0.29, 0.717) is 20.8 Å². The third-order valence-corrected chi connectivity index (χ3v) is 17.8. The number of hydrogen-bond acceptors (Lipinski definition) is 10. The molecule has 0 aliphatic carbocycles. The van der Waals surface area contributed by atoms with Crippen molar-refractivity contribution in [2.45, 2.75) is 76.5 Å². The lowest BCUT2D eigenvalue weighted by Gasteiger charge is -2.46. The number of carbonyl (C=O) groups excluding carboxylic acids is 2. The third-order valence-electron chi connectivity index (χ3n) is 8.85. The molecule has 4 heterocycles. The smallest absolute Gasteiger partial charge is 0.355 e. The van der Waals surface area contributed by atoms with E-state index in [4.69, 9.17) is 4.74 Å². The first kappa shape index (κ1) is 32.0. The zero-order chi connectivity index (χ0) is 32.5. The van der Waals surface area contributed by atoms with E-state index in [-0.39, 0.29) is 34.0 Å². The number of carbonyl (C=O) groups is 2. The predicted octanol–water partition coefficient (Wildman–Crippen LogP) is 3.90. The van der Waals surface area contributed by atoms with E-state index in [9.17, 15) is 33.2 Å². The Morgan fingerprint density at radius 1 is 1.27 bits per heavy atom. The molecule has 0 bridgehead atoms. The monoisotopic (exact) mass is 661 g/mol. The Labute approximate surface area is 259 Å². The Morgan fingerprint density at radius 3 is 2.48 bits per heavy atom. The van der Waals surface area contributed by atoms with Crippen LogP contribution in [0.5, 0.6) is 0 Å². The van der Waals surface area contributed by atoms with Gasteiger partial charge in [0.2, 0.25) is 10.9 Å². The number of nitrogens with one attached hydrogen (secondary N) is 1. The van der Waals surface area contributed by atoms with Crippen LogP contribution in [-0.4, -0.2) is 65.0 Å². The molecule has 236 valence electrons. The van der Waals surface area contributed by atoms with E-state index in [2.05, 4.69) is 9.37 Å². The van der Waals surface area contributed by atoms with Gasteiger partial charge in [-0.3, -0.25) is 19.3 Å². The van der Waals surface area contributed by atoms with Crippen molar-refractivity contribution in [1.82, 2.24) is 18.7 Å². The Hall–Kier alpha value is -3.44. The molecule has 4 atom stereocenters. The van der Waals surface area contributed by atoms with Gasteiger partial charge in [-0.1, -0.05) is 40.8 Å². The zero-order valence-corrected chi connectivity index (χ0v) is 28.0. The minimum absolute atomic E-state index is 0.0348. The number of hydrogen-bond donors (Lipinski definition) is 2. The number of amides is 1. The number of nitrogens with zero attached hydrogens (tertiary/aromatic N) is 4. The zero-order valence-electron chi connectivity index (χ0n) is 25.4. The second kappa shape index (κ2) is 10.9. The molecule has 1 saturated heterocycles. The summed E-state index contributed by atoms with van der Waals surface area (Å²) in [7, 11) is -6.46. The summed E-state index contributed by atoms with van der Waals surface area (Å²) in [6.45, 7) is 13.1. The van der Waals surface area contributed by atoms with Gasteiger partial charge in [-0.25, -0.2) is 22.6 Å². The number of esters is 1. The average molecular weight is 662 g/mol. The lowest BCUT2D eigenvalue weighted by Crippen LogP contribution is -2.63. The molecule has 13 nitrogen and oxygen atoms in total. The number of nitro benzene ring substituents is 1. The maximum Gasteiger partial charge on any atom is 0.355 e. The van der Waals surface area contributed by atoms with E-state index < -0.39 is 53.1 Å². The molecule has 2 N–H and O–H groups in total. The third kappa shape index (κ3) is 5.27. The Bertz CT molecular complexity index is 1800. The Morgan fingerprint density at radius 2 is 1.91 bits per heavy atom. The van der Waals surface area contributed by atoms with Crippen molar-refractivity contribution in [2.75, 3.05) is 0 Å². The lowest BCUT2D eigenvalue weighted by atomic mass is 9.77. The van der Waals surface area contributed by atoms with Crippen LogP contribution in [0.1, 0.15) is 45.1 Å². The fourth-order valence-electron chi connectivity index (χ4n) is 5.44. The number of ether oxygens (including phenoxy) is 1. The molecule has 2 aliphatic heterocycles. The van der Waals surface area contributed by atoms with Gasteiger partial charge in [0.1, 0.15) is 31.7 Å². The number of non-ortho nitro benzene ring substituents is 1. The summed E-state index contributed by atoms with van der Waals surface area (Å²) >= 11 is 1.14. The van der Waals surface area contributed by atoms with Crippen LogP contribution in [0.25, 0.3) is 10.4 Å². The largest absolute Gasteiger partial charge is 0.456 e. The van der Waals surface area contributed by atoms with Crippen molar-refractivity contribution in [3.63, 3.8) is 0 Å². The maximum absolute atomic E-state index is 13.6. The van der Waals surface area contributed by atoms with Crippen molar-refractivity contribution in [2.24, 2.45) is 11.8 Å². The maximum atomic E-state index is 13.6. The van der Waals surface area contributed by atoms with E-state index in [1.807, 2.05) is 40.8 Å². The van der Waals surface area contributed by atoms with Crippen LogP contribution in [0, 0.1) is 22.0 Å². The molecule has 0 unspecified atom stereocenters. The minimum atomic E-state index is -3.98. The molecule has 1 fully saturated rings. The molecule has 16 heteroatoms. The molecule has 3 aromatic rings. The first-order chi connectivity index (χ1) is 20.4. The van der Waals surface area contributed by atoms with Crippen molar-refractivity contribution >= 4 is 57.6 Å². The van der Waals surface area contributed by atoms with Crippen LogP contribution in [0.3, 0.4) is 0 Å². The average Bonchev–Trinajstić information content (AvgIpc) is 3.56. The molecule has 0 saturated carbocycles. The summed E-state index contributed by atoms with van der Waals surface area (Å²) in [5, 5.41) is 20.9. The second-order valence-corrected chi connectivity index (χ2v) is 20.8. The number of aliphatic hydroxyl groups excluding tert-OH is 1. The summed E-state index contributed by atoms with van der Waals surface area (Å²) in [5.74, 6) is -2.26. The van der Waals surface area contributed by atoms with Gasteiger partial charge in [-0.05, 0) is 29.7 Å². The molecular formula is C28H35N5O8S2Si. The summed E-state index contributed by atoms with van der Waals surface area (Å²) in [6, 6.07) is 5.09. The first-order valence-electron chi connectivity index (χ1n) is 14.0. The highest BCUT2D eigenvalue weighted by atomic mass is 32.2. The SMILES string of the molecule is C[C@@H](O)[C@H]1C(=O)N2C(C(=O)OCc3ccc([N+](=O)[O-])cc3)=C(c3cn4cnc(S(=O)(=O)N[Si](C)(C)C(C)(C)C)c4s3)[C@H](C)[C@H]12. The minimum Gasteiger partial charge on any atom is -0.456 e. The van der Waals surface area contributed by atoms with Crippen LogP contribution in [0.2, 0.25) is 18.1 Å². The molecule has 0 radical (unpaired) electrons. The van der Waals surface area contributed by atoms with Crippen molar-refractivity contribution in [3.05, 3.63) is 63.0 Å². The van der Waals surface area contributed by atoms with Crippen LogP contribution in [-0.2, 0) is 31.0 Å². The Balaban J connectivity index is 1.52. The summed E-state index contributed by atoms with van der Waals surface area (Å²) < 4.78 is 37.2. The van der Waals surface area contributed by atoms with Gasteiger partial charge in [0.15, 0.2) is 0 Å². The molecule has 1 amide bonds. The van der Waals surface area contributed by atoms with Gasteiger partial charge in [-0.15, -0.1) is 11.3 Å². The molecule has 2 aliphatic rings. The van der Waals surface area contributed by atoms with Gasteiger partial charge >= 0.3 is 5.97 Å². The molecule has 2 aromatic heterocycles. The summed E-state index contributed by atoms with van der Waals surface area (Å²) in [4.78, 5) is 43.7. The van der Waals surface area contributed by atoms with Crippen LogP contribution >= 0.6 is 11.3 Å². The number of aromatic nitrogens is 2. The number of β-lactam (4-membered cyclic amide) rings is 1. The summed E-state index contributed by atoms with van der Waals surface area (Å²) in [5.41, 5.74) is 0.963. The van der Waals surface area contributed by atoms with Crippen LogP contribution in [0.4, 0.5) is 5.69 Å². The second-order valence-electron chi connectivity index (χ2n) is 12.9. The molecule has 1 aromatic carbocycles. The van der Waals surface area contributed by atoms with Crippen LogP contribution in [0.15, 0.2) is 47.5 Å². The van der Waals surface area contributed by atoms with Gasteiger partial charge < -0.3 is 14.7 Å². The number of aliphatic hydroxyl groups is 1. The topological polar surface area (TPSA) is 173 Å². The van der Waals surface area contributed by atoms with Crippen molar-refractivity contribution in [3.8, 4) is 0 Å². The highest BCUT2D eigenvalue weighted by molar-refractivity contribution is 7.91. The predicted molar refractivity (Wildman–Crippen MR) is 165 cm³/mol. The van der Waals surface area contributed by atoms with E-state index in [0.717, 1.165) is 11.3 Å². The normalized spacial score (nSPS) is 21.4. The quantitative estimate of drug-likeness (QED) is 0.113. The van der Waals surface area contributed by atoms with Crippen LogP contribution < -0.4 is 4.39 Å². The molecule has 5 rings (SSSR count). The number of imidazole rings is 1. The van der Waals surface area contributed by atoms with Gasteiger partial charge in [0.25, 0.3) is 15.7 Å². The lowest BCUT2D eigenvalue weighted by molar-refractivity contribution is -0.384. The van der Waals surface area contributed by atoms with E-state index in [1.165, 1.54) is 42.4 Å². The highest BCUT2D eigenvalue weighted by Crippen LogP contribution is 2.52. The molecule has 44 heavy (non-hydrogen) atoms. The fourth-order valence-corrected chi connectivity index (χ4v) is 11.8. The van der Waals surface area contributed by atoms with Gasteiger partial charge in [0.05, 0.1) is 27.9 Å². The number of thiazole rings is 1. The van der Waals surface area contributed by atoms with Crippen molar-refractivity contribution in [1.29, 1.82) is 0 Å².